The zero-order valence-corrected chi connectivity index (χ0v) is 15.9. The minimum absolute atomic E-state index is 0.0121. The summed E-state index contributed by atoms with van der Waals surface area (Å²) < 4.78 is 0. The van der Waals surface area contributed by atoms with E-state index >= 15 is 0 Å². The Morgan fingerprint density at radius 2 is 2.00 bits per heavy atom. The van der Waals surface area contributed by atoms with E-state index in [0.29, 0.717) is 25.1 Å². The number of pyridine rings is 1. The van der Waals surface area contributed by atoms with Crippen LogP contribution in [0.1, 0.15) is 18.9 Å². The molecule has 3 rings (SSSR count). The monoisotopic (exact) mass is 374 g/mol. The van der Waals surface area contributed by atoms with Crippen molar-refractivity contribution in [3.63, 3.8) is 0 Å². The third-order valence-electron chi connectivity index (χ3n) is 4.75. The molecule has 0 aliphatic carbocycles. The van der Waals surface area contributed by atoms with Crippen LogP contribution in [0.2, 0.25) is 0 Å². The molecule has 0 fully saturated rings. The second-order valence-corrected chi connectivity index (χ2v) is 6.55. The Hall–Kier alpha value is -3.66. The number of rotatable bonds is 4. The van der Waals surface area contributed by atoms with Gasteiger partial charge in [-0.3, -0.25) is 15.2 Å². The van der Waals surface area contributed by atoms with Crippen LogP contribution in [0.25, 0.3) is 11.1 Å². The highest BCUT2D eigenvalue weighted by molar-refractivity contribution is 6.07. The van der Waals surface area contributed by atoms with Crippen LogP contribution < -0.4 is 10.6 Å². The highest BCUT2D eigenvalue weighted by Gasteiger charge is 2.23. The predicted molar refractivity (Wildman–Crippen MR) is 109 cm³/mol. The first-order chi connectivity index (χ1) is 13.5. The number of nitrogens with one attached hydrogen (secondary N) is 3. The highest BCUT2D eigenvalue weighted by Crippen LogP contribution is 2.23. The first-order valence-electron chi connectivity index (χ1n) is 8.98. The van der Waals surface area contributed by atoms with Gasteiger partial charge in [-0.15, -0.1) is 0 Å². The Balaban J connectivity index is 1.76. The van der Waals surface area contributed by atoms with Crippen LogP contribution in [-0.4, -0.2) is 41.8 Å². The summed E-state index contributed by atoms with van der Waals surface area (Å²) in [6, 6.07) is 11.5. The molecule has 3 N–H and O–H groups in total. The topological polar surface area (TPSA) is 105 Å². The Morgan fingerprint density at radius 1 is 1.25 bits per heavy atom. The van der Waals surface area contributed by atoms with Crippen LogP contribution >= 0.6 is 0 Å². The van der Waals surface area contributed by atoms with Crippen LogP contribution in [-0.2, 0) is 4.79 Å². The second kappa shape index (κ2) is 8.35. The van der Waals surface area contributed by atoms with Crippen molar-refractivity contribution in [2.24, 2.45) is 0 Å². The van der Waals surface area contributed by atoms with Crippen molar-refractivity contribution in [3.8, 4) is 17.2 Å². The molecular weight excluding hydrogens is 352 g/mol. The third-order valence-corrected chi connectivity index (χ3v) is 4.75. The highest BCUT2D eigenvalue weighted by atomic mass is 16.2. The molecule has 1 aliphatic rings. The number of anilines is 1. The van der Waals surface area contributed by atoms with Gasteiger partial charge in [-0.2, -0.15) is 5.26 Å². The number of nitrogens with zero attached hydrogens (tertiary/aromatic N) is 3. The number of hydrogen-bond acceptors (Lipinski definition) is 5. The maximum atomic E-state index is 11.7. The number of carbonyl (C=O) groups excluding carboxylic acids is 1. The van der Waals surface area contributed by atoms with Gasteiger partial charge in [0.1, 0.15) is 11.9 Å². The van der Waals surface area contributed by atoms with Gasteiger partial charge >= 0.3 is 0 Å². The molecule has 0 atom stereocenters. The lowest BCUT2D eigenvalue weighted by molar-refractivity contribution is -0.128. The summed E-state index contributed by atoms with van der Waals surface area (Å²) in [5, 5.41) is 23.7. The summed E-state index contributed by atoms with van der Waals surface area (Å²) in [7, 11) is 1.84. The number of benzene rings is 1. The smallest absolute Gasteiger partial charge is 0.219 e. The van der Waals surface area contributed by atoms with Crippen molar-refractivity contribution in [3.05, 3.63) is 59.6 Å². The van der Waals surface area contributed by atoms with Gasteiger partial charge in [-0.05, 0) is 23.8 Å². The summed E-state index contributed by atoms with van der Waals surface area (Å²) >= 11 is 0. The van der Waals surface area contributed by atoms with E-state index in [2.05, 4.69) is 21.7 Å². The van der Waals surface area contributed by atoms with E-state index in [4.69, 9.17) is 10.7 Å². The van der Waals surface area contributed by atoms with Gasteiger partial charge < -0.3 is 15.5 Å². The van der Waals surface area contributed by atoms with E-state index in [0.717, 1.165) is 28.1 Å². The van der Waals surface area contributed by atoms with Crippen LogP contribution in [0.3, 0.4) is 0 Å². The fourth-order valence-electron chi connectivity index (χ4n) is 3.16. The number of hydrogen-bond donors (Lipinski definition) is 3. The number of amides is 1. The van der Waals surface area contributed by atoms with Crippen LogP contribution in [0.5, 0.6) is 0 Å². The molecule has 7 heteroatoms. The van der Waals surface area contributed by atoms with E-state index in [9.17, 15) is 4.79 Å². The van der Waals surface area contributed by atoms with Crippen LogP contribution in [0.15, 0.2) is 54.0 Å². The fourth-order valence-corrected chi connectivity index (χ4v) is 3.16. The molecule has 28 heavy (non-hydrogen) atoms. The number of nitriles is 1. The molecule has 2 aromatic rings. The van der Waals surface area contributed by atoms with Crippen molar-refractivity contribution in [2.45, 2.75) is 13.3 Å². The molecule has 1 aromatic heterocycles. The quantitative estimate of drug-likeness (QED) is 0.564. The average molecular weight is 374 g/mol. The van der Waals surface area contributed by atoms with Gasteiger partial charge in [-0.25, -0.2) is 0 Å². The van der Waals surface area contributed by atoms with E-state index < -0.39 is 0 Å². The SMILES string of the molecule is CNC1=C(C(=N)Nc2ccc(-c3cncc(C#N)c3)cc2)CN(C(C)=O)CC1. The molecule has 142 valence electrons. The summed E-state index contributed by atoms with van der Waals surface area (Å²) in [6.45, 7) is 2.63. The standard InChI is InChI=1S/C21H22N6O/c1-14(28)27-8-7-20(24-2)19(13-27)21(23)26-18-5-3-16(4-6-18)17-9-15(10-22)11-25-12-17/h3-6,9,11-12,24H,7-8,13H2,1-2H3,(H2,23,26). The average Bonchev–Trinajstić information content (AvgIpc) is 2.73. The molecular formula is C21H22N6O. The lowest BCUT2D eigenvalue weighted by atomic mass is 10.0. The van der Waals surface area contributed by atoms with Crippen molar-refractivity contribution in [1.82, 2.24) is 15.2 Å². The van der Waals surface area contributed by atoms with E-state index in [1.807, 2.05) is 31.3 Å². The third kappa shape index (κ3) is 4.18. The summed E-state index contributed by atoms with van der Waals surface area (Å²) in [4.78, 5) is 17.5. The maximum Gasteiger partial charge on any atom is 0.219 e. The number of aromatic nitrogens is 1. The van der Waals surface area contributed by atoms with Crippen molar-refractivity contribution < 1.29 is 4.79 Å². The Labute approximate surface area is 164 Å². The van der Waals surface area contributed by atoms with Gasteiger partial charge in [-0.1, -0.05) is 12.1 Å². The van der Waals surface area contributed by atoms with Crippen molar-refractivity contribution >= 4 is 17.4 Å². The van der Waals surface area contributed by atoms with Gasteiger partial charge in [0.05, 0.1) is 12.1 Å². The molecule has 2 heterocycles. The molecule has 0 bridgehead atoms. The maximum absolute atomic E-state index is 11.7. The molecule has 0 saturated heterocycles. The molecule has 0 radical (unpaired) electrons. The lowest BCUT2D eigenvalue weighted by Crippen LogP contribution is -2.40. The Morgan fingerprint density at radius 3 is 2.64 bits per heavy atom. The minimum Gasteiger partial charge on any atom is -0.391 e. The molecule has 0 unspecified atom stereocenters. The van der Waals surface area contributed by atoms with Gasteiger partial charge in [0.2, 0.25) is 5.91 Å². The summed E-state index contributed by atoms with van der Waals surface area (Å²) in [5.74, 6) is 0.286. The summed E-state index contributed by atoms with van der Waals surface area (Å²) in [6.07, 6.45) is 3.95. The largest absolute Gasteiger partial charge is 0.391 e. The Bertz CT molecular complexity index is 971. The molecule has 1 aromatic carbocycles. The predicted octanol–water partition coefficient (Wildman–Crippen LogP) is 2.74. The first-order valence-corrected chi connectivity index (χ1v) is 8.98. The van der Waals surface area contributed by atoms with Crippen molar-refractivity contribution in [1.29, 1.82) is 10.7 Å². The normalized spacial score (nSPS) is 13.7. The minimum atomic E-state index is 0.0121. The molecule has 0 spiro atoms. The number of amidine groups is 1. The van der Waals surface area contributed by atoms with Gasteiger partial charge in [0.25, 0.3) is 0 Å². The zero-order valence-electron chi connectivity index (χ0n) is 15.9. The second-order valence-electron chi connectivity index (χ2n) is 6.55. The van der Waals surface area contributed by atoms with Crippen molar-refractivity contribution in [2.75, 3.05) is 25.5 Å². The summed E-state index contributed by atoms with van der Waals surface area (Å²) in [5.41, 5.74) is 4.87. The van der Waals surface area contributed by atoms with Gasteiger partial charge in [0.15, 0.2) is 0 Å². The van der Waals surface area contributed by atoms with Crippen LogP contribution in [0, 0.1) is 16.7 Å². The molecule has 1 aliphatic heterocycles. The molecule has 1 amide bonds. The fraction of sp³-hybridized carbons (Fsp3) is 0.238. The van der Waals surface area contributed by atoms with Gasteiger partial charge in [0, 0.05) is 61.9 Å². The molecule has 0 saturated carbocycles. The first kappa shape index (κ1) is 19.1. The lowest BCUT2D eigenvalue weighted by Gasteiger charge is -2.30. The molecule has 7 nitrogen and oxygen atoms in total. The zero-order chi connectivity index (χ0) is 20.1. The van der Waals surface area contributed by atoms with E-state index in [1.165, 1.54) is 6.20 Å². The van der Waals surface area contributed by atoms with Crippen LogP contribution in [0.4, 0.5) is 5.69 Å². The number of carbonyl (C=O) groups is 1. The Kier molecular flexibility index (Phi) is 5.70. The van der Waals surface area contributed by atoms with E-state index in [1.54, 1.807) is 24.1 Å². The van der Waals surface area contributed by atoms with E-state index in [-0.39, 0.29) is 11.7 Å².